The Hall–Kier alpha value is -6.13. The van der Waals surface area contributed by atoms with Gasteiger partial charge in [0.2, 0.25) is 0 Å². The molecule has 0 spiro atoms. The minimum atomic E-state index is -1.47. The number of hydrogen-bond acceptors (Lipinski definition) is 19. The number of unbranched alkanes of at least 4 members (excludes halogenated alkanes) is 1. The van der Waals surface area contributed by atoms with Gasteiger partial charge in [-0.15, -0.1) is 5.53 Å². The van der Waals surface area contributed by atoms with E-state index < -0.39 is 114 Å². The van der Waals surface area contributed by atoms with E-state index in [4.69, 9.17) is 48.4 Å². The third-order valence-electron chi connectivity index (χ3n) is 17.6. The number of benzene rings is 3. The number of carbonyl (C=O) groups is 5. The fourth-order valence-corrected chi connectivity index (χ4v) is 13.0. The number of esters is 3. The summed E-state index contributed by atoms with van der Waals surface area (Å²) in [5.74, 6) is -5.20. The Labute approximate surface area is 489 Å². The number of ketones is 1. The summed E-state index contributed by atoms with van der Waals surface area (Å²) < 4.78 is 59.7. The highest BCUT2D eigenvalue weighted by Gasteiger charge is 2.61. The lowest BCUT2D eigenvalue weighted by molar-refractivity contribution is -0.309. The molecule has 3 unspecified atom stereocenters. The molecule has 3 aromatic carbocycles. The topological polar surface area (TPSA) is 228 Å². The van der Waals surface area contributed by atoms with Gasteiger partial charge >= 0.3 is 24.0 Å². The van der Waals surface area contributed by atoms with Gasteiger partial charge in [-0.3, -0.25) is 14.6 Å². The van der Waals surface area contributed by atoms with Gasteiger partial charge in [0.15, 0.2) is 24.3 Å². The van der Waals surface area contributed by atoms with Gasteiger partial charge < -0.3 is 63.6 Å². The SMILES string of the molecule is CC[C@H]1OC(=O)[C@H](C)[C@@H](OC2CC[C@@H](OC(=O)c3ccccc3)[C@H](C)O2)[C@H](C)[C@@H](OC2O[C@H](C)C[C@H](N(C)C)[C@H]2OC(=O)c2ccccc2)[C@@](C)(OC)C[C@@H](C)C(=O)[C@H](C)C2N(CCCCN3C=C(c4cccc(N)c4)NN3)C(=O)O[C@@]21C. The summed E-state index contributed by atoms with van der Waals surface area (Å²) >= 11 is 0. The predicted octanol–water partition coefficient (Wildman–Crippen LogP) is 8.31. The van der Waals surface area contributed by atoms with Gasteiger partial charge in [0, 0.05) is 61.8 Å². The van der Waals surface area contributed by atoms with Crippen LogP contribution >= 0.6 is 0 Å². The summed E-state index contributed by atoms with van der Waals surface area (Å²) in [4.78, 5) is 76.0. The first kappa shape index (κ1) is 62.9. The Morgan fingerprint density at radius 3 is 2.10 bits per heavy atom. The van der Waals surface area contributed by atoms with Crippen molar-refractivity contribution in [3.05, 3.63) is 108 Å². The molecule has 20 heteroatoms. The van der Waals surface area contributed by atoms with Gasteiger partial charge in [-0.1, -0.05) is 76.2 Å². The molecule has 5 aliphatic rings. The van der Waals surface area contributed by atoms with Crippen molar-refractivity contribution in [1.29, 1.82) is 0 Å². The first-order valence-electron chi connectivity index (χ1n) is 29.5. The zero-order chi connectivity index (χ0) is 59.9. The number of nitrogens with two attached hydrogens (primary N) is 1. The van der Waals surface area contributed by atoms with Crippen LogP contribution in [0.1, 0.15) is 134 Å². The van der Waals surface area contributed by atoms with Gasteiger partial charge in [-0.05, 0) is 124 Å². The first-order chi connectivity index (χ1) is 39.5. The number of nitrogens with one attached hydrogen (secondary N) is 2. The van der Waals surface area contributed by atoms with Crippen molar-refractivity contribution < 1.29 is 66.6 Å². The van der Waals surface area contributed by atoms with Crippen LogP contribution < -0.4 is 16.7 Å². The second-order valence-corrected chi connectivity index (χ2v) is 23.9. The molecule has 454 valence electrons. The number of methoxy groups -OCH3 is 1. The molecule has 0 aliphatic carbocycles. The molecular formula is C63H88N6O14. The normalized spacial score (nSPS) is 34.4. The average molecular weight is 1150 g/mol. The molecule has 8 rings (SSSR count). The Balaban J connectivity index is 1.12. The number of hydrogen-bond donors (Lipinski definition) is 3. The average Bonchev–Trinajstić information content (AvgIpc) is 2.78. The fourth-order valence-electron chi connectivity index (χ4n) is 13.0. The molecule has 5 aliphatic heterocycles. The Bertz CT molecular complexity index is 2740. The van der Waals surface area contributed by atoms with E-state index in [1.165, 1.54) is 0 Å². The number of cyclic esters (lactones) is 1. The molecule has 17 atom stereocenters. The first-order valence-corrected chi connectivity index (χ1v) is 29.5. The van der Waals surface area contributed by atoms with Gasteiger partial charge in [0.25, 0.3) is 0 Å². The zero-order valence-corrected chi connectivity index (χ0v) is 50.3. The fraction of sp³-hybridized carbons (Fsp3) is 0.603. The van der Waals surface area contributed by atoms with Crippen molar-refractivity contribution in [3.63, 3.8) is 0 Å². The Morgan fingerprint density at radius 2 is 1.47 bits per heavy atom. The van der Waals surface area contributed by atoms with Gasteiger partial charge in [-0.25, -0.2) is 14.4 Å². The van der Waals surface area contributed by atoms with E-state index in [0.29, 0.717) is 55.5 Å². The van der Waals surface area contributed by atoms with E-state index >= 15 is 9.59 Å². The quantitative estimate of drug-likeness (QED) is 0.0500. The van der Waals surface area contributed by atoms with E-state index in [-0.39, 0.29) is 37.3 Å². The number of likely N-dealkylation sites (N-methyl/N-ethyl adjacent to an activating group) is 1. The molecule has 4 N–H and O–H groups in total. The molecular weight excluding hydrogens is 1060 g/mol. The van der Waals surface area contributed by atoms with Crippen molar-refractivity contribution >= 4 is 41.2 Å². The standard InChI is InChI=1S/C63H88N6O14/c1-13-50-63(9)55(69(61(74)83-63)32-21-20-31-68-36-47(65-66-68)45-27-22-28-46(64)34-45)39(4)52(70)37(2)35-62(8,75-12)56(82-60-54(48(67(10)11)33-38(3)76-60)81-59(73)44-25-18-15-19-26-44)40(5)53(41(6)57(71)79-50)80-51-30-29-49(42(7)77-51)78-58(72)43-23-16-14-17-24-43/h14-19,22-28,34,36-42,48-51,53-56,60,65-66H,13,20-21,29-33,35,64H2,1-12H3/t37-,38-,39+,40+,41-,42+,48+,49-,50-,51?,53+,54-,55?,56-,60?,62+,63-/m1/s1. The van der Waals surface area contributed by atoms with Crippen molar-refractivity contribution in [2.24, 2.45) is 23.7 Å². The van der Waals surface area contributed by atoms with E-state index in [2.05, 4.69) is 11.0 Å². The van der Waals surface area contributed by atoms with Crippen molar-refractivity contribution in [1.82, 2.24) is 25.8 Å². The van der Waals surface area contributed by atoms with Gasteiger partial charge in [0.05, 0.1) is 64.8 Å². The monoisotopic (exact) mass is 1150 g/mol. The molecule has 4 fully saturated rings. The van der Waals surface area contributed by atoms with Crippen LogP contribution in [0.4, 0.5) is 10.5 Å². The number of nitrogen functional groups attached to an aromatic ring is 1. The van der Waals surface area contributed by atoms with E-state index in [9.17, 15) is 14.4 Å². The van der Waals surface area contributed by atoms with Gasteiger partial charge in [0.1, 0.15) is 18.0 Å². The lowest BCUT2D eigenvalue weighted by Crippen LogP contribution is -2.61. The number of fused-ring (bicyclic) bond motifs is 1. The summed E-state index contributed by atoms with van der Waals surface area (Å²) in [6.45, 7) is 17.4. The molecule has 83 heavy (non-hydrogen) atoms. The van der Waals surface area contributed by atoms with Crippen LogP contribution in [0.25, 0.3) is 5.70 Å². The Morgan fingerprint density at radius 1 is 0.807 bits per heavy atom. The minimum absolute atomic E-state index is 0.101. The maximum atomic E-state index is 15.4. The third kappa shape index (κ3) is 14.3. The van der Waals surface area contributed by atoms with Crippen LogP contribution in [0, 0.1) is 23.7 Å². The minimum Gasteiger partial charge on any atom is -0.458 e. The van der Waals surface area contributed by atoms with Crippen molar-refractivity contribution in [3.8, 4) is 0 Å². The number of carbonyl (C=O) groups excluding carboxylic acids is 5. The summed E-state index contributed by atoms with van der Waals surface area (Å²) in [5, 5.41) is 1.93. The molecule has 0 aromatic heterocycles. The molecule has 20 nitrogen and oxygen atoms in total. The molecule has 1 amide bonds. The second-order valence-electron chi connectivity index (χ2n) is 23.9. The molecule has 3 aromatic rings. The van der Waals surface area contributed by atoms with Crippen LogP contribution in [-0.2, 0) is 52.2 Å². The summed E-state index contributed by atoms with van der Waals surface area (Å²) in [5.41, 5.74) is 12.8. The summed E-state index contributed by atoms with van der Waals surface area (Å²) in [6, 6.07) is 23.8. The lowest BCUT2D eigenvalue weighted by Gasteiger charge is -2.49. The van der Waals surface area contributed by atoms with Crippen molar-refractivity contribution in [2.75, 3.05) is 40.0 Å². The largest absolute Gasteiger partial charge is 0.458 e. The molecule has 0 radical (unpaired) electrons. The predicted molar refractivity (Wildman–Crippen MR) is 309 cm³/mol. The lowest BCUT2D eigenvalue weighted by atomic mass is 9.73. The van der Waals surface area contributed by atoms with Crippen molar-refractivity contribution in [2.45, 2.75) is 186 Å². The van der Waals surface area contributed by atoms with E-state index in [1.807, 2.05) is 115 Å². The number of Topliss-reactive ketones (excluding diaryl/α,β-unsaturated/α-hetero) is 1. The van der Waals surface area contributed by atoms with Crippen LogP contribution in [0.15, 0.2) is 91.1 Å². The van der Waals surface area contributed by atoms with Crippen LogP contribution in [0.5, 0.6) is 0 Å². The Kier molecular flexibility index (Phi) is 20.7. The number of nitrogens with zero attached hydrogens (tertiary/aromatic N) is 3. The van der Waals surface area contributed by atoms with Crippen LogP contribution in [0.2, 0.25) is 0 Å². The van der Waals surface area contributed by atoms with E-state index in [0.717, 1.165) is 11.3 Å². The summed E-state index contributed by atoms with van der Waals surface area (Å²) in [6.07, 6.45) is -3.60. The summed E-state index contributed by atoms with van der Waals surface area (Å²) in [7, 11) is 5.38. The van der Waals surface area contributed by atoms with E-state index in [1.54, 1.807) is 74.4 Å². The number of anilines is 1. The maximum Gasteiger partial charge on any atom is 0.410 e. The highest BCUT2D eigenvalue weighted by molar-refractivity contribution is 5.90. The number of hydrazine groups is 2. The maximum absolute atomic E-state index is 15.4. The van der Waals surface area contributed by atoms with Crippen LogP contribution in [-0.4, -0.2) is 157 Å². The molecule has 0 bridgehead atoms. The molecule has 5 heterocycles. The number of amides is 1. The smallest absolute Gasteiger partial charge is 0.410 e. The molecule has 0 saturated carbocycles. The zero-order valence-electron chi connectivity index (χ0n) is 50.3. The highest BCUT2D eigenvalue weighted by Crippen LogP contribution is 2.45. The van der Waals surface area contributed by atoms with Crippen LogP contribution in [0.3, 0.4) is 0 Å². The molecule has 4 saturated heterocycles. The number of ether oxygens (including phenoxy) is 9. The second kappa shape index (κ2) is 27.3. The third-order valence-corrected chi connectivity index (χ3v) is 17.6. The van der Waals surface area contributed by atoms with Gasteiger partial charge in [-0.2, -0.15) is 0 Å². The highest BCUT2D eigenvalue weighted by atomic mass is 16.7. The number of rotatable bonds is 17.